The third kappa shape index (κ3) is 73.3. The number of thiol groups is 1. The van der Waals surface area contributed by atoms with Crippen LogP contribution in [0.1, 0.15) is 280 Å². The maximum absolute atomic E-state index is 12.8. The van der Waals surface area contributed by atoms with Crippen molar-refractivity contribution >= 4 is 107 Å². The third-order valence-electron chi connectivity index (χ3n) is 14.2. The van der Waals surface area contributed by atoms with Crippen molar-refractivity contribution in [1.29, 1.82) is 6.65 Å². The van der Waals surface area contributed by atoms with Gasteiger partial charge >= 0.3 is 44.1 Å². The number of hydrogen-bond donors (Lipinski definition) is 5. The van der Waals surface area contributed by atoms with Crippen LogP contribution >= 0.6 is 59.7 Å². The Morgan fingerprint density at radius 1 is 0.495 bits per heavy atom. The van der Waals surface area contributed by atoms with Gasteiger partial charge in [0.15, 0.2) is 5.12 Å². The molecule has 0 spiro atoms. The average Bonchev–Trinajstić information content (AvgIpc) is 3.32. The van der Waals surface area contributed by atoms with E-state index in [0.29, 0.717) is 69.0 Å². The van der Waals surface area contributed by atoms with Crippen LogP contribution in [0.4, 0.5) is 0 Å². The molecule has 91 heavy (non-hydrogen) atoms. The summed E-state index contributed by atoms with van der Waals surface area (Å²) in [6.07, 6.45) is 50.6. The zero-order valence-electron chi connectivity index (χ0n) is 59.0. The molecule has 5 atom stereocenters. The zero-order chi connectivity index (χ0) is 69.4. The van der Waals surface area contributed by atoms with Crippen molar-refractivity contribution in [2.24, 2.45) is 17.2 Å². The molecule has 0 saturated carbocycles. The first kappa shape index (κ1) is 92.9. The number of ether oxygens (including phenoxy) is 5. The average molecular weight is 1380 g/mol. The van der Waals surface area contributed by atoms with Crippen LogP contribution in [0.5, 0.6) is 0 Å². The molecule has 0 aliphatic rings. The molecule has 0 saturated heterocycles. The van der Waals surface area contributed by atoms with Gasteiger partial charge in [-0.05, 0) is 53.0 Å². The van der Waals surface area contributed by atoms with Crippen molar-refractivity contribution in [3.05, 3.63) is 24.3 Å². The molecule has 532 valence electrons. The van der Waals surface area contributed by atoms with Crippen molar-refractivity contribution in [2.75, 3.05) is 61.8 Å². The predicted octanol–water partition coefficient (Wildman–Crippen LogP) is 16.3. The summed E-state index contributed by atoms with van der Waals surface area (Å²) in [6, 6.07) is -2.07. The van der Waals surface area contributed by atoms with Gasteiger partial charge < -0.3 is 40.9 Å². The molecule has 0 fully saturated rings. The molecule has 0 aliphatic carbocycles. The summed E-state index contributed by atoms with van der Waals surface area (Å²) in [5.74, 6) is 0.183. The number of esters is 5. The Bertz CT molecular complexity index is 1820. The molecule has 0 heterocycles. The monoisotopic (exact) mass is 1380 g/mol. The topological polar surface area (TPSA) is 268 Å². The van der Waals surface area contributed by atoms with Gasteiger partial charge in [-0.2, -0.15) is 36.2 Å². The van der Waals surface area contributed by atoms with Gasteiger partial charge in [0.1, 0.15) is 18.1 Å². The first-order valence-electron chi connectivity index (χ1n) is 35.5. The fourth-order valence-corrected chi connectivity index (χ4v) is 13.1. The number of allylic oxidation sites excluding steroid dienone is 3. The van der Waals surface area contributed by atoms with E-state index in [0.717, 1.165) is 49.2 Å². The second-order valence-corrected chi connectivity index (χ2v) is 28.0. The van der Waals surface area contributed by atoms with E-state index < -0.39 is 30.1 Å². The zero-order valence-corrected chi connectivity index (χ0v) is 62.2. The molecular weight excluding hydrogens is 1250 g/mol. The van der Waals surface area contributed by atoms with E-state index in [1.54, 1.807) is 38.6 Å². The predicted molar refractivity (Wildman–Crippen MR) is 394 cm³/mol. The number of nitrogens with two attached hydrogens (primary N) is 3. The fourth-order valence-electron chi connectivity index (χ4n) is 8.95. The fraction of sp³-hybridized carbons (Fsp3) is 0.841. The van der Waals surface area contributed by atoms with Crippen molar-refractivity contribution in [2.45, 2.75) is 308 Å². The van der Waals surface area contributed by atoms with Crippen LogP contribution in [0.3, 0.4) is 0 Å². The molecule has 0 aromatic rings. The Labute approximate surface area is 579 Å². The first-order chi connectivity index (χ1) is 44.5. The van der Waals surface area contributed by atoms with Crippen molar-refractivity contribution in [1.82, 2.24) is 0 Å². The van der Waals surface area contributed by atoms with Crippen molar-refractivity contribution in [3.8, 4) is 0 Å². The number of carbonyl (C=O) groups is 7. The minimum atomic E-state index is -0.778. The summed E-state index contributed by atoms with van der Waals surface area (Å²) in [4.78, 5) is 82.7. The van der Waals surface area contributed by atoms with E-state index in [9.17, 15) is 33.6 Å². The summed E-state index contributed by atoms with van der Waals surface area (Å²) in [5, 5.41) is 5.72. The van der Waals surface area contributed by atoms with Gasteiger partial charge in [-0.25, -0.2) is 0 Å². The number of unbranched alkanes of at least 4 members (excludes halogenated alkanes) is 30. The van der Waals surface area contributed by atoms with E-state index in [4.69, 9.17) is 42.8 Å². The maximum atomic E-state index is 12.8. The number of thioether (sulfide) groups is 4. The summed E-state index contributed by atoms with van der Waals surface area (Å²) in [6.45, 7) is 15.5. The van der Waals surface area contributed by atoms with Crippen LogP contribution in [-0.2, 0) is 57.2 Å². The van der Waals surface area contributed by atoms with Gasteiger partial charge in [-0.3, -0.25) is 33.6 Å². The second-order valence-electron chi connectivity index (χ2n) is 22.6. The van der Waals surface area contributed by atoms with Gasteiger partial charge in [0, 0.05) is 45.7 Å². The number of hydrogen-bond acceptors (Lipinski definition) is 21. The second kappa shape index (κ2) is 76.7. The Hall–Kier alpha value is -2.34. The molecule has 0 aliphatic heterocycles. The molecule has 5 unspecified atom stereocenters. The molecule has 0 aromatic carbocycles. The van der Waals surface area contributed by atoms with E-state index in [1.165, 1.54) is 198 Å². The van der Waals surface area contributed by atoms with Crippen LogP contribution in [-0.4, -0.2) is 139 Å². The van der Waals surface area contributed by atoms with Crippen molar-refractivity contribution < 1.29 is 57.2 Å². The quantitative estimate of drug-likeness (QED) is 0.00720. The first-order valence-corrected chi connectivity index (χ1v) is 39.6. The molecule has 0 rings (SSSR count). The van der Waals surface area contributed by atoms with Crippen LogP contribution in [0.25, 0.3) is 0 Å². The van der Waals surface area contributed by atoms with Gasteiger partial charge in [-0.15, -0.1) is 0 Å². The summed E-state index contributed by atoms with van der Waals surface area (Å²) >= 11 is 9.13. The van der Waals surface area contributed by atoms with Crippen LogP contribution in [0, 0.1) is 5.31 Å². The summed E-state index contributed by atoms with van der Waals surface area (Å²) in [7, 11) is 0.500. The van der Waals surface area contributed by atoms with Gasteiger partial charge in [0.25, 0.3) is 0 Å². The normalized spacial score (nSPS) is 12.7. The number of nitrogens with one attached hydrogen (secondary N) is 1. The molecule has 0 bridgehead atoms. The molecule has 0 aromatic heterocycles. The van der Waals surface area contributed by atoms with Gasteiger partial charge in [-0.1, -0.05) is 255 Å². The molecule has 7 N–H and O–H groups in total. The van der Waals surface area contributed by atoms with E-state index in [-0.39, 0.29) is 64.7 Å². The SMILES string of the molecule is C/C=C/C=C/C(=O)SCCC(=O)OCCCCCCCCCCCCCCCCCC.CCCCCCCCCCCCCCCCCCOC(=O)CCSC(=O)CC(CC(C)SCC(N)C(=O)OCC)SCC(N)C(=O)OCC.CCOC(=O)C(N)CS.[2H]B=N. The minimum absolute atomic E-state index is 0.0202. The molecule has 22 heteroatoms. The third-order valence-corrected chi connectivity index (χ3v) is 19.0. The Morgan fingerprint density at radius 3 is 1.16 bits per heavy atom. The molecule has 0 amide bonds. The Balaban J connectivity index is -0.000000760. The van der Waals surface area contributed by atoms with E-state index in [1.807, 2.05) is 26.0 Å². The van der Waals surface area contributed by atoms with E-state index >= 15 is 0 Å². The van der Waals surface area contributed by atoms with Gasteiger partial charge in [0.2, 0.25) is 5.12 Å². The van der Waals surface area contributed by atoms with Crippen LogP contribution < -0.4 is 17.2 Å². The number of rotatable bonds is 59. The van der Waals surface area contributed by atoms with Crippen LogP contribution in [0.15, 0.2) is 24.3 Å². The van der Waals surface area contributed by atoms with E-state index in [2.05, 4.69) is 31.2 Å². The van der Waals surface area contributed by atoms with Crippen LogP contribution in [0.2, 0.25) is 0 Å². The molecular formula is C69H131BN4O12S5. The Kier molecular flexibility index (Phi) is 78.2. The van der Waals surface area contributed by atoms with Gasteiger partial charge in [0.05, 0.1) is 45.9 Å². The Morgan fingerprint density at radius 2 is 0.824 bits per heavy atom. The molecule has 16 nitrogen and oxygen atoms in total. The standard InChI is InChI=1S/C37H70N2O7S3.C27H48O3S.C5H11NO2S.BH2N/c1-5-8-9-10-11-12-13-14-15-16-17-18-19-20-21-22-24-46-34(40)23-25-47-35(41)27-31(49-29-33(39)37(43)45-7-3)26-30(4)48-28-32(38)36(42)44-6-2;1-3-5-7-8-9-10-11-12-13-14-15-16-17-18-19-21-24-30-26(28)23-25-31-27(29)22-20-6-4-2;1-2-8-5(7)4(6)3-9;1-2/h30-33H,5-29,38-39H2,1-4H3;4,6,20,22H,3,5,7-19,21,23-25H2,1-2H3;4,9H,2-3,6H2,1H3;1-2H/b;6-4+,22-20+;;/i;;;1D. The summed E-state index contributed by atoms with van der Waals surface area (Å²) < 4.78 is 31.0. The molecule has 0 radical (unpaired) electrons. The number of carbonyl (C=O) groups excluding carboxylic acids is 7. The summed E-state index contributed by atoms with van der Waals surface area (Å²) in [5.41, 5.74) is 17.2. The van der Waals surface area contributed by atoms with Crippen molar-refractivity contribution in [3.63, 3.8) is 0 Å².